The Morgan fingerprint density at radius 3 is 2.10 bits per heavy atom. The lowest BCUT2D eigenvalue weighted by Crippen LogP contribution is -1.94. The molecule has 7 heteroatoms. The van der Waals surface area contributed by atoms with Gasteiger partial charge in [0.15, 0.2) is 0 Å². The molecule has 0 saturated heterocycles. The summed E-state index contributed by atoms with van der Waals surface area (Å²) in [4.78, 5) is 20.2. The largest absolute Gasteiger partial charge is 0.457 e. The van der Waals surface area contributed by atoms with Crippen molar-refractivity contribution < 1.29 is 14.6 Å². The number of nitro groups is 2. The monoisotopic (exact) mass is 288 g/mol. The lowest BCUT2D eigenvalue weighted by atomic mass is 10.2. The van der Waals surface area contributed by atoms with Crippen LogP contribution in [0.5, 0.6) is 11.5 Å². The fourth-order valence-electron chi connectivity index (χ4n) is 1.80. The summed E-state index contributed by atoms with van der Waals surface area (Å²) in [7, 11) is 0. The number of non-ortho nitro benzene ring substituents is 2. The number of hydrogen-bond acceptors (Lipinski definition) is 5. The van der Waals surface area contributed by atoms with Crippen LogP contribution >= 0.6 is 0 Å². The maximum absolute atomic E-state index is 10.8. The molecule has 0 spiro atoms. The third kappa shape index (κ3) is 3.53. The Kier molecular flexibility index (Phi) is 4.13. The van der Waals surface area contributed by atoms with Crippen LogP contribution in [0.2, 0.25) is 0 Å². The van der Waals surface area contributed by atoms with Gasteiger partial charge in [0.2, 0.25) is 0 Å². The zero-order chi connectivity index (χ0) is 15.4. The molecule has 2 aromatic rings. The Bertz CT molecular complexity index is 667. The molecule has 0 heterocycles. The number of benzene rings is 2. The zero-order valence-electron chi connectivity index (χ0n) is 11.2. The van der Waals surface area contributed by atoms with Crippen LogP contribution < -0.4 is 4.74 Å². The molecule has 0 N–H and O–H groups in total. The average molecular weight is 288 g/mol. The Hall–Kier alpha value is -2.96. The lowest BCUT2D eigenvalue weighted by Gasteiger charge is -2.07. The standard InChI is InChI=1S/C14H12N2O5/c1-2-10-4-3-5-13(6-10)21-14-8-11(15(17)18)7-12(9-14)16(19)20/h3-9H,2H2,1H3. The van der Waals surface area contributed by atoms with Crippen LogP contribution in [-0.4, -0.2) is 9.85 Å². The Labute approximate surface area is 120 Å². The highest BCUT2D eigenvalue weighted by Gasteiger charge is 2.17. The normalized spacial score (nSPS) is 10.1. The summed E-state index contributed by atoms with van der Waals surface area (Å²) in [5.74, 6) is 0.535. The fourth-order valence-corrected chi connectivity index (χ4v) is 1.80. The van der Waals surface area contributed by atoms with Gasteiger partial charge in [0.05, 0.1) is 28.0 Å². The van der Waals surface area contributed by atoms with Crippen molar-refractivity contribution in [2.45, 2.75) is 13.3 Å². The number of nitro benzene ring substituents is 2. The van der Waals surface area contributed by atoms with Crippen LogP contribution in [0.15, 0.2) is 42.5 Å². The first-order valence-electron chi connectivity index (χ1n) is 6.20. The minimum absolute atomic E-state index is 0.0594. The van der Waals surface area contributed by atoms with Gasteiger partial charge in [-0.3, -0.25) is 20.2 Å². The Morgan fingerprint density at radius 1 is 0.952 bits per heavy atom. The summed E-state index contributed by atoms with van der Waals surface area (Å²) in [5, 5.41) is 21.6. The van der Waals surface area contributed by atoms with Crippen molar-refractivity contribution in [1.29, 1.82) is 0 Å². The molecule has 0 unspecified atom stereocenters. The molecule has 21 heavy (non-hydrogen) atoms. The van der Waals surface area contributed by atoms with Crippen LogP contribution in [0.1, 0.15) is 12.5 Å². The molecule has 0 amide bonds. The summed E-state index contributed by atoms with van der Waals surface area (Å²) < 4.78 is 5.49. The van der Waals surface area contributed by atoms with E-state index in [0.29, 0.717) is 5.75 Å². The number of aryl methyl sites for hydroxylation is 1. The fraction of sp³-hybridized carbons (Fsp3) is 0.143. The highest BCUT2D eigenvalue weighted by Crippen LogP contribution is 2.30. The molecule has 0 aliphatic carbocycles. The minimum Gasteiger partial charge on any atom is -0.457 e. The first kappa shape index (κ1) is 14.4. The van der Waals surface area contributed by atoms with Crippen LogP contribution in [0.4, 0.5) is 11.4 Å². The van der Waals surface area contributed by atoms with Crippen LogP contribution in [0.25, 0.3) is 0 Å². The smallest absolute Gasteiger partial charge is 0.280 e. The van der Waals surface area contributed by atoms with Gasteiger partial charge in [-0.2, -0.15) is 0 Å². The van der Waals surface area contributed by atoms with E-state index < -0.39 is 9.85 Å². The van der Waals surface area contributed by atoms with E-state index in [2.05, 4.69) is 0 Å². The second-order valence-electron chi connectivity index (χ2n) is 4.30. The van der Waals surface area contributed by atoms with Crippen molar-refractivity contribution in [3.63, 3.8) is 0 Å². The Balaban J connectivity index is 2.38. The van der Waals surface area contributed by atoms with Gasteiger partial charge < -0.3 is 4.74 Å². The molecule has 0 aliphatic rings. The molecule has 108 valence electrons. The molecular formula is C14H12N2O5. The molecule has 2 rings (SSSR count). The summed E-state index contributed by atoms with van der Waals surface area (Å²) in [6, 6.07) is 10.4. The SMILES string of the molecule is CCc1cccc(Oc2cc([N+](=O)[O-])cc([N+](=O)[O-])c2)c1. The number of rotatable bonds is 5. The van der Waals surface area contributed by atoms with Crippen molar-refractivity contribution in [2.24, 2.45) is 0 Å². The molecule has 0 saturated carbocycles. The molecular weight excluding hydrogens is 276 g/mol. The molecule has 2 aromatic carbocycles. The van der Waals surface area contributed by atoms with E-state index in [1.807, 2.05) is 13.0 Å². The van der Waals surface area contributed by atoms with Crippen molar-refractivity contribution in [1.82, 2.24) is 0 Å². The van der Waals surface area contributed by atoms with Gasteiger partial charge in [0.1, 0.15) is 11.5 Å². The summed E-state index contributed by atoms with van der Waals surface area (Å²) in [6.07, 6.45) is 0.812. The molecule has 0 aromatic heterocycles. The second kappa shape index (κ2) is 6.00. The van der Waals surface area contributed by atoms with E-state index in [0.717, 1.165) is 30.2 Å². The lowest BCUT2D eigenvalue weighted by molar-refractivity contribution is -0.394. The van der Waals surface area contributed by atoms with Gasteiger partial charge in [0.25, 0.3) is 11.4 Å². The highest BCUT2D eigenvalue weighted by atomic mass is 16.6. The van der Waals surface area contributed by atoms with Gasteiger partial charge >= 0.3 is 0 Å². The number of ether oxygens (including phenoxy) is 1. The van der Waals surface area contributed by atoms with E-state index in [-0.39, 0.29) is 17.1 Å². The Morgan fingerprint density at radius 2 is 1.57 bits per heavy atom. The number of hydrogen-bond donors (Lipinski definition) is 0. The zero-order valence-corrected chi connectivity index (χ0v) is 11.2. The number of nitrogens with zero attached hydrogens (tertiary/aromatic N) is 2. The van der Waals surface area contributed by atoms with Crippen LogP contribution in [0.3, 0.4) is 0 Å². The first-order chi connectivity index (χ1) is 9.99. The van der Waals surface area contributed by atoms with E-state index in [1.165, 1.54) is 0 Å². The average Bonchev–Trinajstić information content (AvgIpc) is 2.47. The van der Waals surface area contributed by atoms with E-state index in [1.54, 1.807) is 18.2 Å². The third-order valence-corrected chi connectivity index (χ3v) is 2.84. The van der Waals surface area contributed by atoms with Gasteiger partial charge in [0, 0.05) is 0 Å². The van der Waals surface area contributed by atoms with Crippen LogP contribution in [0, 0.1) is 20.2 Å². The van der Waals surface area contributed by atoms with E-state index in [4.69, 9.17) is 4.74 Å². The first-order valence-corrected chi connectivity index (χ1v) is 6.20. The van der Waals surface area contributed by atoms with Gasteiger partial charge in [-0.05, 0) is 24.1 Å². The second-order valence-corrected chi connectivity index (χ2v) is 4.30. The van der Waals surface area contributed by atoms with Crippen molar-refractivity contribution in [2.75, 3.05) is 0 Å². The molecule has 0 bridgehead atoms. The molecule has 7 nitrogen and oxygen atoms in total. The summed E-state index contributed by atoms with van der Waals surface area (Å²) in [6.45, 7) is 1.98. The summed E-state index contributed by atoms with van der Waals surface area (Å²) in [5.41, 5.74) is 0.268. The van der Waals surface area contributed by atoms with E-state index in [9.17, 15) is 20.2 Å². The topological polar surface area (TPSA) is 95.5 Å². The molecule has 0 fully saturated rings. The maximum atomic E-state index is 10.8. The third-order valence-electron chi connectivity index (χ3n) is 2.84. The van der Waals surface area contributed by atoms with Crippen LogP contribution in [-0.2, 0) is 6.42 Å². The van der Waals surface area contributed by atoms with Crippen molar-refractivity contribution in [3.8, 4) is 11.5 Å². The quantitative estimate of drug-likeness (QED) is 0.614. The molecule has 0 aliphatic heterocycles. The van der Waals surface area contributed by atoms with Crippen molar-refractivity contribution >= 4 is 11.4 Å². The molecule has 0 atom stereocenters. The van der Waals surface area contributed by atoms with Gasteiger partial charge in [-0.15, -0.1) is 0 Å². The minimum atomic E-state index is -0.692. The predicted octanol–water partition coefficient (Wildman–Crippen LogP) is 3.86. The summed E-state index contributed by atoms with van der Waals surface area (Å²) >= 11 is 0. The van der Waals surface area contributed by atoms with Gasteiger partial charge in [-0.1, -0.05) is 19.1 Å². The van der Waals surface area contributed by atoms with E-state index >= 15 is 0 Å². The van der Waals surface area contributed by atoms with Gasteiger partial charge in [-0.25, -0.2) is 0 Å². The molecule has 0 radical (unpaired) electrons. The van der Waals surface area contributed by atoms with Crippen molar-refractivity contribution in [3.05, 3.63) is 68.3 Å². The highest BCUT2D eigenvalue weighted by molar-refractivity contribution is 5.50. The maximum Gasteiger partial charge on any atom is 0.280 e. The predicted molar refractivity (Wildman–Crippen MR) is 75.6 cm³/mol.